The minimum atomic E-state index is 0.480. The highest BCUT2D eigenvalue weighted by Crippen LogP contribution is 2.32. The first kappa shape index (κ1) is 23.3. The van der Waals surface area contributed by atoms with E-state index in [-0.39, 0.29) is 0 Å². The molecule has 34 heavy (non-hydrogen) atoms. The lowest BCUT2D eigenvalue weighted by Crippen LogP contribution is -2.40. The van der Waals surface area contributed by atoms with Crippen molar-refractivity contribution in [3.05, 3.63) is 110 Å². The number of rotatable bonds is 7. The summed E-state index contributed by atoms with van der Waals surface area (Å²) in [5, 5.41) is 13.1. The van der Waals surface area contributed by atoms with Crippen molar-refractivity contribution in [2.75, 3.05) is 0 Å². The van der Waals surface area contributed by atoms with Crippen LogP contribution in [0.5, 0.6) is 0 Å². The van der Waals surface area contributed by atoms with E-state index in [0.29, 0.717) is 16.6 Å². The van der Waals surface area contributed by atoms with Crippen molar-refractivity contribution in [2.24, 2.45) is 5.10 Å². The number of hydrazine groups is 2. The quantitative estimate of drug-likeness (QED) is 0.250. The summed E-state index contributed by atoms with van der Waals surface area (Å²) in [6.07, 6.45) is 1.83. The van der Waals surface area contributed by atoms with Crippen LogP contribution >= 0.6 is 50.9 Å². The molecule has 172 valence electrons. The normalized spacial score (nSPS) is 13.1. The highest BCUT2D eigenvalue weighted by molar-refractivity contribution is 9.10. The molecule has 2 N–H and O–H groups in total. The number of hydrazone groups is 1. The highest BCUT2D eigenvalue weighted by Gasteiger charge is 2.26. The maximum atomic E-state index is 6.31. The molecule has 0 fully saturated rings. The lowest BCUT2D eigenvalue weighted by Gasteiger charge is -2.19. The maximum absolute atomic E-state index is 6.31. The Hall–Kier alpha value is -2.49. The molecule has 0 amide bonds. The van der Waals surface area contributed by atoms with Crippen molar-refractivity contribution in [2.45, 2.75) is 17.3 Å². The van der Waals surface area contributed by atoms with Gasteiger partial charge >= 0.3 is 0 Å². The van der Waals surface area contributed by atoms with Crippen LogP contribution in [0.15, 0.2) is 93.6 Å². The summed E-state index contributed by atoms with van der Waals surface area (Å²) in [5.41, 5.74) is 10.1. The molecule has 0 atom stereocenters. The van der Waals surface area contributed by atoms with Gasteiger partial charge in [0.25, 0.3) is 0 Å². The number of aromatic nitrogens is 2. The van der Waals surface area contributed by atoms with E-state index < -0.39 is 0 Å². The Bertz CT molecular complexity index is 1330. The smallest absolute Gasteiger partial charge is 0.177 e. The van der Waals surface area contributed by atoms with Crippen LogP contribution in [0.3, 0.4) is 0 Å². The minimum absolute atomic E-state index is 0.480. The number of hydrogen-bond donors (Lipinski definition) is 2. The molecule has 4 aromatic rings. The van der Waals surface area contributed by atoms with Crippen molar-refractivity contribution in [1.29, 1.82) is 0 Å². The van der Waals surface area contributed by atoms with Gasteiger partial charge in [-0.25, -0.2) is 10.2 Å². The number of benzene rings is 3. The Balaban J connectivity index is 1.49. The summed E-state index contributed by atoms with van der Waals surface area (Å²) >= 11 is 17.6. The Labute approximate surface area is 220 Å². The Morgan fingerprint density at radius 3 is 2.47 bits per heavy atom. The third-order valence-electron chi connectivity index (χ3n) is 5.19. The van der Waals surface area contributed by atoms with E-state index in [1.165, 1.54) is 5.56 Å². The standard InChI is InChI=1S/C24H19BrCl2N6S/c25-18-8-6-16(7-9-18)14-32-23(29-30-31-32)20-13-28-33(19-10-11-21(26)22(27)12-19)24(20)34-15-17-4-2-1-3-5-17/h1-13,30-31H,14-15H2. The molecule has 0 bridgehead atoms. The fraction of sp³-hybridized carbons (Fsp3) is 0.0833. The molecule has 0 unspecified atom stereocenters. The van der Waals surface area contributed by atoms with E-state index >= 15 is 0 Å². The van der Waals surface area contributed by atoms with E-state index in [1.807, 2.05) is 58.4 Å². The van der Waals surface area contributed by atoms with E-state index in [2.05, 4.69) is 56.4 Å². The number of nitrogens with one attached hydrogen (secondary N) is 2. The van der Waals surface area contributed by atoms with Gasteiger partial charge in [0.1, 0.15) is 5.03 Å². The maximum Gasteiger partial charge on any atom is 0.177 e. The molecular weight excluding hydrogens is 555 g/mol. The zero-order valence-electron chi connectivity index (χ0n) is 17.8. The third kappa shape index (κ3) is 5.11. The van der Waals surface area contributed by atoms with Crippen molar-refractivity contribution < 1.29 is 0 Å². The van der Waals surface area contributed by atoms with Crippen molar-refractivity contribution >= 4 is 56.7 Å². The van der Waals surface area contributed by atoms with Crippen LogP contribution in [-0.2, 0) is 12.3 Å². The molecule has 1 aliphatic rings. The second-order valence-electron chi connectivity index (χ2n) is 7.52. The minimum Gasteiger partial charge on any atom is -0.266 e. The van der Waals surface area contributed by atoms with Crippen LogP contribution in [-0.4, -0.2) is 20.6 Å². The van der Waals surface area contributed by atoms with Crippen LogP contribution < -0.4 is 11.1 Å². The summed E-state index contributed by atoms with van der Waals surface area (Å²) in [4.78, 5) is 0. The SMILES string of the molecule is Clc1ccc(-n2ncc(C3=NNNN3Cc3ccc(Br)cc3)c2SCc2ccccc2)cc1Cl. The molecule has 1 aromatic heterocycles. The van der Waals surface area contributed by atoms with Gasteiger partial charge in [0.15, 0.2) is 5.84 Å². The van der Waals surface area contributed by atoms with Gasteiger partial charge in [-0.15, -0.1) is 22.4 Å². The number of thioether (sulfide) groups is 1. The predicted molar refractivity (Wildman–Crippen MR) is 142 cm³/mol. The third-order valence-corrected chi connectivity index (χ3v) is 7.60. The molecule has 0 saturated carbocycles. The predicted octanol–water partition coefficient (Wildman–Crippen LogP) is 6.42. The van der Waals surface area contributed by atoms with Crippen LogP contribution in [0, 0.1) is 0 Å². The first-order valence-electron chi connectivity index (χ1n) is 10.4. The Morgan fingerprint density at radius 1 is 0.912 bits per heavy atom. The number of amidine groups is 1. The topological polar surface area (TPSA) is 57.5 Å². The summed E-state index contributed by atoms with van der Waals surface area (Å²) in [6, 6.07) is 24.0. The van der Waals surface area contributed by atoms with E-state index in [4.69, 9.17) is 28.3 Å². The van der Waals surface area contributed by atoms with Crippen molar-refractivity contribution in [3.8, 4) is 5.69 Å². The summed E-state index contributed by atoms with van der Waals surface area (Å²) in [7, 11) is 0. The van der Waals surface area contributed by atoms with Gasteiger partial charge in [-0.05, 0) is 41.5 Å². The Morgan fingerprint density at radius 2 is 1.71 bits per heavy atom. The molecular formula is C24H19BrCl2N6S. The van der Waals surface area contributed by atoms with Crippen molar-refractivity contribution in [1.82, 2.24) is 25.9 Å². The summed E-state index contributed by atoms with van der Waals surface area (Å²) in [5.74, 6) is 1.53. The lowest BCUT2D eigenvalue weighted by atomic mass is 10.2. The molecule has 10 heteroatoms. The zero-order valence-corrected chi connectivity index (χ0v) is 21.7. The summed E-state index contributed by atoms with van der Waals surface area (Å²) in [6.45, 7) is 0.625. The summed E-state index contributed by atoms with van der Waals surface area (Å²) < 4.78 is 2.92. The van der Waals surface area contributed by atoms with E-state index in [9.17, 15) is 0 Å². The molecule has 0 aliphatic carbocycles. The second kappa shape index (κ2) is 10.4. The average molecular weight is 574 g/mol. The van der Waals surface area contributed by atoms with Crippen LogP contribution in [0.2, 0.25) is 10.0 Å². The van der Waals surface area contributed by atoms with Gasteiger partial charge in [-0.2, -0.15) is 5.10 Å². The first-order chi connectivity index (χ1) is 16.6. The van der Waals surface area contributed by atoms with E-state index in [0.717, 1.165) is 37.9 Å². The van der Waals surface area contributed by atoms with Crippen molar-refractivity contribution in [3.63, 3.8) is 0 Å². The molecule has 6 nitrogen and oxygen atoms in total. The monoisotopic (exact) mass is 572 g/mol. The number of nitrogens with zero attached hydrogens (tertiary/aromatic N) is 4. The van der Waals surface area contributed by atoms with Gasteiger partial charge in [0, 0.05) is 10.2 Å². The van der Waals surface area contributed by atoms with Crippen LogP contribution in [0.25, 0.3) is 5.69 Å². The molecule has 0 radical (unpaired) electrons. The van der Waals surface area contributed by atoms with Gasteiger partial charge in [-0.1, -0.05) is 81.6 Å². The van der Waals surface area contributed by atoms with Gasteiger partial charge in [0.2, 0.25) is 0 Å². The van der Waals surface area contributed by atoms with Gasteiger partial charge in [0.05, 0.1) is 34.0 Å². The average Bonchev–Trinajstić information content (AvgIpc) is 3.48. The second-order valence-corrected chi connectivity index (χ2v) is 10.2. The largest absolute Gasteiger partial charge is 0.266 e. The fourth-order valence-corrected chi connectivity index (χ4v) is 5.13. The molecule has 2 heterocycles. The molecule has 0 saturated heterocycles. The number of hydrogen-bond acceptors (Lipinski definition) is 6. The lowest BCUT2D eigenvalue weighted by molar-refractivity contribution is 0.288. The molecule has 5 rings (SSSR count). The molecule has 1 aliphatic heterocycles. The van der Waals surface area contributed by atoms with Gasteiger partial charge in [-0.3, -0.25) is 5.01 Å². The fourth-order valence-electron chi connectivity index (χ4n) is 3.50. The molecule has 0 spiro atoms. The first-order valence-corrected chi connectivity index (χ1v) is 12.9. The highest BCUT2D eigenvalue weighted by atomic mass is 79.9. The Kier molecular flexibility index (Phi) is 7.12. The van der Waals surface area contributed by atoms with Crippen LogP contribution in [0.4, 0.5) is 0 Å². The zero-order chi connectivity index (χ0) is 23.5. The van der Waals surface area contributed by atoms with Gasteiger partial charge < -0.3 is 0 Å². The molecule has 3 aromatic carbocycles. The van der Waals surface area contributed by atoms with E-state index in [1.54, 1.807) is 17.8 Å². The number of halogens is 3. The van der Waals surface area contributed by atoms with Crippen LogP contribution in [0.1, 0.15) is 16.7 Å².